The van der Waals surface area contributed by atoms with E-state index in [9.17, 15) is 4.79 Å². The van der Waals surface area contributed by atoms with E-state index in [1.165, 1.54) is 9.36 Å². The Morgan fingerprint density at radius 3 is 2.48 bits per heavy atom. The summed E-state index contributed by atoms with van der Waals surface area (Å²) in [6.45, 7) is 6.75. The Labute approximate surface area is 197 Å². The van der Waals surface area contributed by atoms with Crippen molar-refractivity contribution in [1.29, 1.82) is 0 Å². The number of hydrogen-bond donors (Lipinski definition) is 0. The molecule has 0 unspecified atom stereocenters. The summed E-state index contributed by atoms with van der Waals surface area (Å²) >= 11 is 5.96. The van der Waals surface area contributed by atoms with Crippen molar-refractivity contribution in [2.24, 2.45) is 7.05 Å². The van der Waals surface area contributed by atoms with Crippen molar-refractivity contribution in [3.63, 3.8) is 0 Å². The van der Waals surface area contributed by atoms with Gasteiger partial charge in [-0.1, -0.05) is 37.2 Å². The zero-order valence-electron chi connectivity index (χ0n) is 18.8. The summed E-state index contributed by atoms with van der Waals surface area (Å²) in [7, 11) is 0.0157. The van der Waals surface area contributed by atoms with Gasteiger partial charge in [0, 0.05) is 35.5 Å². The van der Waals surface area contributed by atoms with Gasteiger partial charge in [0.2, 0.25) is 5.88 Å². The van der Waals surface area contributed by atoms with Crippen LogP contribution < -0.4 is 10.4 Å². The summed E-state index contributed by atoms with van der Waals surface area (Å²) in [5.41, 5.74) is 6.07. The van der Waals surface area contributed by atoms with Gasteiger partial charge in [-0.3, -0.25) is 0 Å². The third-order valence-corrected chi connectivity index (χ3v) is 5.77. The van der Waals surface area contributed by atoms with E-state index in [0.29, 0.717) is 16.6 Å². The minimum atomic E-state index is -1.54. The van der Waals surface area contributed by atoms with Crippen LogP contribution in [0.2, 0.25) is 24.7 Å². The molecule has 0 spiro atoms. The van der Waals surface area contributed by atoms with Crippen LogP contribution in [0.25, 0.3) is 11.4 Å². The Balaban J connectivity index is 1.63. The molecule has 2 heterocycles. The molecule has 2 aromatic heterocycles. The Morgan fingerprint density at radius 2 is 1.82 bits per heavy atom. The van der Waals surface area contributed by atoms with Crippen molar-refractivity contribution >= 4 is 19.7 Å². The van der Waals surface area contributed by atoms with Crippen molar-refractivity contribution in [1.82, 2.24) is 29.6 Å². The van der Waals surface area contributed by atoms with Crippen LogP contribution in [0.4, 0.5) is 0 Å². The maximum atomic E-state index is 12.4. The quantitative estimate of drug-likeness (QED) is 0.323. The lowest BCUT2D eigenvalue weighted by molar-refractivity contribution is 0.291. The van der Waals surface area contributed by atoms with Gasteiger partial charge in [0.05, 0.1) is 11.4 Å². The second-order valence-corrected chi connectivity index (χ2v) is 13.7. The minimum Gasteiger partial charge on any atom is -0.472 e. The molecule has 0 saturated carbocycles. The number of hydrogen-bond acceptors (Lipinski definition) is 5. The van der Waals surface area contributed by atoms with Gasteiger partial charge in [0.1, 0.15) is 14.7 Å². The first-order chi connectivity index (χ1) is 15.7. The highest BCUT2D eigenvalue weighted by Crippen LogP contribution is 2.19. The van der Waals surface area contributed by atoms with Gasteiger partial charge in [-0.25, -0.2) is 9.48 Å². The average Bonchev–Trinajstić information content (AvgIpc) is 3.38. The van der Waals surface area contributed by atoms with Gasteiger partial charge in [0.25, 0.3) is 0 Å². The number of rotatable bonds is 5. The molecule has 0 N–H and O–H groups in total. The molecular weight excluding hydrogens is 456 g/mol. The zero-order chi connectivity index (χ0) is 23.6. The first-order valence-corrected chi connectivity index (χ1v) is 14.2. The largest absolute Gasteiger partial charge is 0.472 e. The van der Waals surface area contributed by atoms with Gasteiger partial charge in [-0.15, -0.1) is 10.6 Å². The molecule has 4 rings (SSSR count). The third kappa shape index (κ3) is 5.42. The summed E-state index contributed by atoms with van der Waals surface area (Å²) in [6, 6.07) is 14.7. The van der Waals surface area contributed by atoms with Gasteiger partial charge in [0.15, 0.2) is 0 Å². The van der Waals surface area contributed by atoms with Gasteiger partial charge in [-0.05, 0) is 52.9 Å². The fourth-order valence-corrected chi connectivity index (χ4v) is 3.63. The lowest BCUT2D eigenvalue weighted by Crippen LogP contribution is -2.23. The normalized spacial score (nSPS) is 11.2. The zero-order valence-corrected chi connectivity index (χ0v) is 20.5. The summed E-state index contributed by atoms with van der Waals surface area (Å²) in [6.07, 6.45) is 1.81. The maximum absolute atomic E-state index is 12.4. The molecule has 10 heteroatoms. The van der Waals surface area contributed by atoms with Crippen molar-refractivity contribution in [2.75, 3.05) is 0 Å². The topological polar surface area (TPSA) is 79.8 Å². The standard InChI is InChI=1S/C23H23ClN6O2Si/c1-28-23(31)30(27-26-28)21-10-5-17(12-14-33(2,3)4)15-18(21)16-32-22-11-13-29(25-22)20-8-6-19(24)7-9-20/h5-11,13,15H,16H2,1-4H3. The number of halogens is 1. The molecule has 33 heavy (non-hydrogen) atoms. The number of aryl methyl sites for hydroxylation is 1. The van der Waals surface area contributed by atoms with Crippen LogP contribution in [-0.2, 0) is 13.7 Å². The molecule has 0 atom stereocenters. The SMILES string of the molecule is Cn1nnn(-c2ccc(C#C[Si](C)(C)C)cc2COc2ccn(-c3ccc(Cl)cc3)n2)c1=O. The summed E-state index contributed by atoms with van der Waals surface area (Å²) in [4.78, 5) is 12.4. The number of ether oxygens (including phenoxy) is 1. The van der Waals surface area contributed by atoms with Gasteiger partial charge in [-0.2, -0.15) is 9.36 Å². The molecule has 0 aliphatic carbocycles. The highest BCUT2D eigenvalue weighted by molar-refractivity contribution is 6.83. The van der Waals surface area contributed by atoms with E-state index < -0.39 is 8.07 Å². The highest BCUT2D eigenvalue weighted by atomic mass is 35.5. The maximum Gasteiger partial charge on any atom is 0.368 e. The van der Waals surface area contributed by atoms with Crippen molar-refractivity contribution < 1.29 is 4.74 Å². The van der Waals surface area contributed by atoms with E-state index in [1.54, 1.807) is 29.9 Å². The van der Waals surface area contributed by atoms with Crippen LogP contribution in [0, 0.1) is 11.5 Å². The lowest BCUT2D eigenvalue weighted by Gasteiger charge is -2.10. The summed E-state index contributed by atoms with van der Waals surface area (Å²) in [5.74, 6) is 3.69. The van der Waals surface area contributed by atoms with Crippen LogP contribution >= 0.6 is 11.6 Å². The third-order valence-electron chi connectivity index (χ3n) is 4.64. The van der Waals surface area contributed by atoms with E-state index in [0.717, 1.165) is 16.8 Å². The molecule has 8 nitrogen and oxygen atoms in total. The summed E-state index contributed by atoms with van der Waals surface area (Å²) < 4.78 is 10.1. The van der Waals surface area contributed by atoms with Crippen LogP contribution in [0.3, 0.4) is 0 Å². The van der Waals surface area contributed by atoms with Gasteiger partial charge < -0.3 is 4.74 Å². The second kappa shape index (κ2) is 9.09. The number of tetrazole rings is 1. The fourth-order valence-electron chi connectivity index (χ4n) is 2.98. The Kier molecular flexibility index (Phi) is 6.22. The first kappa shape index (κ1) is 22.6. The van der Waals surface area contributed by atoms with Crippen molar-refractivity contribution in [2.45, 2.75) is 26.2 Å². The molecule has 0 radical (unpaired) electrons. The Morgan fingerprint density at radius 1 is 1.06 bits per heavy atom. The molecule has 168 valence electrons. The number of nitrogens with zero attached hydrogens (tertiary/aromatic N) is 6. The van der Waals surface area contributed by atoms with Crippen LogP contribution in [0.15, 0.2) is 59.5 Å². The highest BCUT2D eigenvalue weighted by Gasteiger charge is 2.14. The second-order valence-electron chi connectivity index (χ2n) is 8.50. The first-order valence-electron chi connectivity index (χ1n) is 10.3. The molecule has 0 amide bonds. The molecular formula is C23H23ClN6O2Si. The minimum absolute atomic E-state index is 0.179. The predicted molar refractivity (Wildman–Crippen MR) is 130 cm³/mol. The molecule has 0 aliphatic rings. The van der Waals surface area contributed by atoms with E-state index in [2.05, 4.69) is 46.6 Å². The Bertz CT molecular complexity index is 1400. The number of aromatic nitrogens is 6. The lowest BCUT2D eigenvalue weighted by atomic mass is 10.1. The summed E-state index contributed by atoms with van der Waals surface area (Å²) in [5, 5.41) is 12.9. The fraction of sp³-hybridized carbons (Fsp3) is 0.217. The monoisotopic (exact) mass is 478 g/mol. The van der Waals surface area contributed by atoms with Crippen LogP contribution in [0.5, 0.6) is 5.88 Å². The van der Waals surface area contributed by atoms with E-state index in [4.69, 9.17) is 16.3 Å². The average molecular weight is 479 g/mol. The van der Waals surface area contributed by atoms with Crippen LogP contribution in [-0.4, -0.2) is 37.6 Å². The molecule has 0 fully saturated rings. The molecule has 0 saturated heterocycles. The van der Waals surface area contributed by atoms with E-state index in [-0.39, 0.29) is 12.3 Å². The van der Waals surface area contributed by atoms with Crippen molar-refractivity contribution in [3.8, 4) is 28.7 Å². The van der Waals surface area contributed by atoms with E-state index in [1.807, 2.05) is 36.5 Å². The number of benzene rings is 2. The van der Waals surface area contributed by atoms with Crippen LogP contribution in [0.1, 0.15) is 11.1 Å². The Hall–Kier alpha value is -3.61. The van der Waals surface area contributed by atoms with Crippen molar-refractivity contribution in [3.05, 3.63) is 81.4 Å². The molecule has 0 bridgehead atoms. The predicted octanol–water partition coefficient (Wildman–Crippen LogP) is 3.61. The smallest absolute Gasteiger partial charge is 0.368 e. The molecule has 2 aromatic carbocycles. The van der Waals surface area contributed by atoms with E-state index >= 15 is 0 Å². The molecule has 0 aliphatic heterocycles. The molecule has 4 aromatic rings. The van der Waals surface area contributed by atoms with Gasteiger partial charge >= 0.3 is 5.69 Å².